The Hall–Kier alpha value is -1.87. The SMILES string of the molecule is CC1=Cc2ccccc2C1c1cc2ccccc2c(-c2ccccc2)c1[CH2][Ti]([NH2])([Cl])[Cl]. The molecule has 1 aliphatic rings. The maximum absolute atomic E-state index is 6.61. The van der Waals surface area contributed by atoms with Crippen LogP contribution in [0, 0.1) is 0 Å². The molecule has 0 amide bonds. The number of rotatable bonds is 4. The predicted molar refractivity (Wildman–Crippen MR) is 131 cm³/mol. The van der Waals surface area contributed by atoms with Gasteiger partial charge in [-0.3, -0.25) is 0 Å². The molecule has 31 heavy (non-hydrogen) atoms. The summed E-state index contributed by atoms with van der Waals surface area (Å²) in [5, 5.41) is 2.43. The Morgan fingerprint density at radius 2 is 1.52 bits per heavy atom. The van der Waals surface area contributed by atoms with Crippen LogP contribution in [0.1, 0.15) is 35.1 Å². The Bertz CT molecular complexity index is 1310. The van der Waals surface area contributed by atoms with Gasteiger partial charge in [0.25, 0.3) is 0 Å². The van der Waals surface area contributed by atoms with Crippen molar-refractivity contribution in [1.29, 1.82) is 0 Å². The van der Waals surface area contributed by atoms with Gasteiger partial charge >= 0.3 is 196 Å². The van der Waals surface area contributed by atoms with E-state index in [0.29, 0.717) is 4.73 Å². The second kappa shape index (κ2) is 8.24. The summed E-state index contributed by atoms with van der Waals surface area (Å²) in [6, 6.07) is 30.0. The fourth-order valence-corrected chi connectivity index (χ4v) is 7.36. The monoisotopic (exact) mass is 479 g/mol. The van der Waals surface area contributed by atoms with Crippen LogP contribution in [0.3, 0.4) is 0 Å². The first kappa shape index (κ1) is 21.0. The van der Waals surface area contributed by atoms with Gasteiger partial charge < -0.3 is 0 Å². The van der Waals surface area contributed by atoms with E-state index in [1.807, 2.05) is 6.07 Å². The van der Waals surface area contributed by atoms with Crippen LogP contribution in [0.5, 0.6) is 0 Å². The van der Waals surface area contributed by atoms with Crippen molar-refractivity contribution in [2.75, 3.05) is 0 Å². The topological polar surface area (TPSA) is 26.0 Å². The van der Waals surface area contributed by atoms with E-state index in [4.69, 9.17) is 22.8 Å². The van der Waals surface area contributed by atoms with E-state index >= 15 is 0 Å². The van der Waals surface area contributed by atoms with Gasteiger partial charge in [-0.25, -0.2) is 0 Å². The van der Waals surface area contributed by atoms with Crippen LogP contribution in [0.25, 0.3) is 28.0 Å². The Morgan fingerprint density at radius 3 is 2.29 bits per heavy atom. The third-order valence-electron chi connectivity index (χ3n) is 6.12. The van der Waals surface area contributed by atoms with Crippen molar-refractivity contribution >= 4 is 35.5 Å². The first-order chi connectivity index (χ1) is 14.9. The number of allylic oxidation sites excluding steroid dienone is 1. The van der Waals surface area contributed by atoms with Crippen LogP contribution in [0.4, 0.5) is 0 Å². The van der Waals surface area contributed by atoms with E-state index in [-0.39, 0.29) is 5.92 Å². The second-order valence-corrected chi connectivity index (χ2v) is 17.6. The molecule has 0 spiro atoms. The Labute approximate surface area is 194 Å². The molecule has 4 aromatic carbocycles. The molecule has 2 N–H and O–H groups in total. The molecule has 1 unspecified atom stereocenters. The Balaban J connectivity index is 1.87. The molecule has 0 heterocycles. The van der Waals surface area contributed by atoms with Crippen LogP contribution in [0.15, 0.2) is 90.5 Å². The molecule has 4 aromatic rings. The van der Waals surface area contributed by atoms with Crippen molar-refractivity contribution in [2.45, 2.75) is 17.6 Å². The van der Waals surface area contributed by atoms with Gasteiger partial charge in [-0.1, -0.05) is 0 Å². The van der Waals surface area contributed by atoms with Crippen molar-refractivity contribution < 1.29 is 14.7 Å². The van der Waals surface area contributed by atoms with Crippen LogP contribution in [-0.2, 0) is 19.4 Å². The van der Waals surface area contributed by atoms with Crippen LogP contribution in [-0.4, -0.2) is 0 Å². The zero-order valence-electron chi connectivity index (χ0n) is 17.3. The molecule has 0 saturated carbocycles. The summed E-state index contributed by atoms with van der Waals surface area (Å²) in [6.07, 6.45) is 2.29. The minimum atomic E-state index is -3.47. The average Bonchev–Trinajstić information content (AvgIpc) is 3.08. The Morgan fingerprint density at radius 1 is 0.839 bits per heavy atom. The van der Waals surface area contributed by atoms with Gasteiger partial charge in [-0.2, -0.15) is 0 Å². The fourth-order valence-electron chi connectivity index (χ4n) is 4.92. The Kier molecular flexibility index (Phi) is 5.58. The maximum atomic E-state index is 6.61. The van der Waals surface area contributed by atoms with Crippen LogP contribution < -0.4 is 4.22 Å². The van der Waals surface area contributed by atoms with E-state index in [9.17, 15) is 0 Å². The van der Waals surface area contributed by atoms with E-state index in [0.717, 1.165) is 0 Å². The van der Waals surface area contributed by atoms with Crippen LogP contribution >= 0.6 is 18.6 Å². The molecule has 5 rings (SSSR count). The van der Waals surface area contributed by atoms with E-state index < -0.39 is 14.7 Å². The number of hydrogen-bond donors (Lipinski definition) is 1. The van der Waals surface area contributed by atoms with Crippen molar-refractivity contribution in [3.8, 4) is 11.1 Å². The number of hydrogen-bond acceptors (Lipinski definition) is 1. The zero-order valence-corrected chi connectivity index (χ0v) is 20.4. The average molecular weight is 480 g/mol. The molecule has 1 nitrogen and oxygen atoms in total. The molecule has 1 aliphatic carbocycles. The standard InChI is InChI=1S/C27H21.2ClH.H2N.Ti/c1-18-16-21-12-6-8-14-23(21)26(18)25-17-22-13-7-9-15-24(22)27(19(25)2)20-10-4-3-5-11-20;;;;/h3-17,26H,2H2,1H3;2*1H;1H2;/q;;;-1;+3/p-2. The van der Waals surface area contributed by atoms with Crippen molar-refractivity contribution in [2.24, 2.45) is 4.22 Å². The minimum absolute atomic E-state index is 0.177. The van der Waals surface area contributed by atoms with Crippen molar-refractivity contribution in [3.63, 3.8) is 0 Å². The number of benzene rings is 4. The van der Waals surface area contributed by atoms with E-state index in [1.165, 1.54) is 49.7 Å². The fraction of sp³-hybridized carbons (Fsp3) is 0.111. The summed E-state index contributed by atoms with van der Waals surface area (Å²) >= 11 is -3.47. The summed E-state index contributed by atoms with van der Waals surface area (Å²) in [6.45, 7) is 2.21. The quantitative estimate of drug-likeness (QED) is 0.296. The number of halogens is 2. The van der Waals surface area contributed by atoms with Crippen molar-refractivity contribution in [1.82, 2.24) is 0 Å². The summed E-state index contributed by atoms with van der Waals surface area (Å²) in [7, 11) is 13.2. The summed E-state index contributed by atoms with van der Waals surface area (Å²) in [4.78, 5) is 0. The molecule has 0 aliphatic heterocycles. The van der Waals surface area contributed by atoms with Gasteiger partial charge in [0.15, 0.2) is 0 Å². The molecule has 0 aromatic heterocycles. The number of fused-ring (bicyclic) bond motifs is 2. The molecular formula is C27H23Cl2NTi. The van der Waals surface area contributed by atoms with E-state index in [2.05, 4.69) is 91.9 Å². The molecule has 154 valence electrons. The van der Waals surface area contributed by atoms with Gasteiger partial charge in [-0.15, -0.1) is 0 Å². The third-order valence-corrected chi connectivity index (χ3v) is 8.51. The summed E-state index contributed by atoms with van der Waals surface area (Å²) in [5.74, 6) is 0.177. The molecule has 1 atom stereocenters. The molecule has 0 saturated heterocycles. The van der Waals surface area contributed by atoms with Gasteiger partial charge in [-0.05, 0) is 0 Å². The molecule has 0 fully saturated rings. The molecule has 0 bridgehead atoms. The zero-order chi connectivity index (χ0) is 21.6. The van der Waals surface area contributed by atoms with Gasteiger partial charge in [0, 0.05) is 0 Å². The van der Waals surface area contributed by atoms with Gasteiger partial charge in [0.2, 0.25) is 0 Å². The summed E-state index contributed by atoms with van der Waals surface area (Å²) < 4.78 is 6.90. The first-order valence-corrected chi connectivity index (χ1v) is 16.8. The van der Waals surface area contributed by atoms with Crippen LogP contribution in [0.2, 0.25) is 0 Å². The molecule has 4 heteroatoms. The number of nitrogens with two attached hydrogens (primary N) is 1. The second-order valence-electron chi connectivity index (χ2n) is 8.29. The van der Waals surface area contributed by atoms with Crippen molar-refractivity contribution in [3.05, 3.63) is 113 Å². The molecular weight excluding hydrogens is 457 g/mol. The predicted octanol–water partition coefficient (Wildman–Crippen LogP) is 7.89. The normalized spacial score (nSPS) is 15.7. The first-order valence-electron chi connectivity index (χ1n) is 10.5. The van der Waals surface area contributed by atoms with Gasteiger partial charge in [0.1, 0.15) is 0 Å². The van der Waals surface area contributed by atoms with Gasteiger partial charge in [0.05, 0.1) is 0 Å². The third kappa shape index (κ3) is 4.02. The summed E-state index contributed by atoms with van der Waals surface area (Å²) in [5.41, 5.74) is 8.76. The molecule has 0 radical (unpaired) electrons. The van der Waals surface area contributed by atoms with E-state index in [1.54, 1.807) is 0 Å².